The van der Waals surface area contributed by atoms with E-state index >= 15 is 0 Å². The number of carbonyl (C=O) groups excluding carboxylic acids is 11. The number of ether oxygens (including phenoxy) is 1. The monoisotopic (exact) mass is 1080 g/mol. The quantitative estimate of drug-likeness (QED) is 0.0323. The summed E-state index contributed by atoms with van der Waals surface area (Å²) in [5, 5.41) is 9.64. The number of hydrogen-bond acceptors (Lipinski definition) is 14. The van der Waals surface area contributed by atoms with Gasteiger partial charge in [0.25, 0.3) is 23.6 Å². The third-order valence-electron chi connectivity index (χ3n) is 17.1. The first-order valence-corrected chi connectivity index (χ1v) is 28.6. The van der Waals surface area contributed by atoms with Gasteiger partial charge in [-0.3, -0.25) is 57.6 Å². The van der Waals surface area contributed by atoms with E-state index in [2.05, 4.69) is 25.9 Å². The van der Waals surface area contributed by atoms with Crippen LogP contribution in [0.25, 0.3) is 10.8 Å². The minimum atomic E-state index is -1.03. The van der Waals surface area contributed by atoms with Crippen molar-refractivity contribution in [1.29, 1.82) is 0 Å². The molecule has 19 heteroatoms. The number of carbonyl (C=O) groups is 11. The highest BCUT2D eigenvalue weighted by Crippen LogP contribution is 2.45. The van der Waals surface area contributed by atoms with Crippen molar-refractivity contribution < 1.29 is 57.5 Å². The lowest BCUT2D eigenvalue weighted by molar-refractivity contribution is -0.148. The summed E-state index contributed by atoms with van der Waals surface area (Å²) < 4.78 is 6.04. The molecule has 3 N–H and O–H groups in total. The maximum Gasteiger partial charge on any atom is 0.289 e. The number of unbranched alkanes of at least 4 members (excludes halogenated alkanes) is 1. The van der Waals surface area contributed by atoms with Crippen LogP contribution in [0.3, 0.4) is 0 Å². The number of hydrogen-bond donors (Lipinski definition) is 3. The van der Waals surface area contributed by atoms with E-state index in [4.69, 9.17) is 4.74 Å². The molecule has 19 nitrogen and oxygen atoms in total. The second-order valence-electron chi connectivity index (χ2n) is 23.8. The molecule has 79 heavy (non-hydrogen) atoms. The highest BCUT2D eigenvalue weighted by molar-refractivity contribution is 6.38. The molecular weight excluding hydrogens is 1010 g/mol. The van der Waals surface area contributed by atoms with Gasteiger partial charge in [0.1, 0.15) is 29.0 Å². The first-order valence-electron chi connectivity index (χ1n) is 28.6. The second kappa shape index (κ2) is 24.1. The van der Waals surface area contributed by atoms with Crippen LogP contribution >= 0.6 is 0 Å². The molecule has 1 unspecified atom stereocenters. The Balaban J connectivity index is 0.810. The first kappa shape index (κ1) is 56.7. The van der Waals surface area contributed by atoms with Crippen molar-refractivity contribution in [3.63, 3.8) is 0 Å². The summed E-state index contributed by atoms with van der Waals surface area (Å²) in [6, 6.07) is 4.47. The molecule has 2 aromatic carbocycles. The van der Waals surface area contributed by atoms with Crippen LogP contribution in [-0.4, -0.2) is 127 Å². The molecule has 420 valence electrons. The average molecular weight is 1080 g/mol. The molecule has 4 aliphatic carbocycles. The van der Waals surface area contributed by atoms with Gasteiger partial charge in [-0.05, 0) is 111 Å². The Kier molecular flexibility index (Phi) is 17.3. The normalized spacial score (nSPS) is 22.5. The fraction of sp³-hybridized carbons (Fsp3) is 0.583. The van der Waals surface area contributed by atoms with Gasteiger partial charge in [-0.1, -0.05) is 71.9 Å². The van der Waals surface area contributed by atoms with Crippen molar-refractivity contribution in [3.8, 4) is 5.75 Å². The highest BCUT2D eigenvalue weighted by Gasteiger charge is 2.53. The maximum absolute atomic E-state index is 15.0. The number of amides is 6. The van der Waals surface area contributed by atoms with E-state index in [9.17, 15) is 52.7 Å². The Hall–Kier alpha value is -7.05. The maximum atomic E-state index is 15.0. The van der Waals surface area contributed by atoms with Gasteiger partial charge in [-0.2, -0.15) is 0 Å². The van der Waals surface area contributed by atoms with Crippen LogP contribution < -0.4 is 20.7 Å². The van der Waals surface area contributed by atoms with Gasteiger partial charge >= 0.3 is 0 Å². The molecule has 6 aliphatic rings. The summed E-state index contributed by atoms with van der Waals surface area (Å²) in [6.45, 7) is 8.07. The van der Waals surface area contributed by atoms with Crippen molar-refractivity contribution in [3.05, 3.63) is 65.2 Å². The Bertz CT molecular complexity index is 2940. The molecule has 3 heterocycles. The lowest BCUT2D eigenvalue weighted by Crippen LogP contribution is -2.56. The van der Waals surface area contributed by atoms with E-state index in [-0.39, 0.29) is 115 Å². The van der Waals surface area contributed by atoms with E-state index in [1.807, 2.05) is 27.7 Å². The largest absolute Gasteiger partial charge is 0.494 e. The molecule has 1 aromatic heterocycles. The Morgan fingerprint density at radius 2 is 1.54 bits per heavy atom. The van der Waals surface area contributed by atoms with Crippen molar-refractivity contribution in [2.75, 3.05) is 13.2 Å². The van der Waals surface area contributed by atoms with Crippen LogP contribution in [0.1, 0.15) is 191 Å². The minimum Gasteiger partial charge on any atom is -0.494 e. The summed E-state index contributed by atoms with van der Waals surface area (Å²) in [6.07, 6.45) is 12.1. The number of aromatic nitrogens is 2. The number of rotatable bonds is 22. The van der Waals surface area contributed by atoms with Crippen LogP contribution in [0.2, 0.25) is 0 Å². The average Bonchev–Trinajstić information content (AvgIpc) is 4.18. The number of likely N-dealkylation sites (tertiary alicyclic amines) is 1. The van der Waals surface area contributed by atoms with Crippen molar-refractivity contribution in [2.24, 2.45) is 29.1 Å². The standard InChI is InChI=1S/C60H73N7O12/c1-5-13-43(53(72)56(75)63-36-21-22-36)64-55(74)52-39-18-12-17-35(39)32-66(52)59(78)42(60(2,3)4)29-49(71)51(33-14-7-6-8-15-33)65-54(73)45-31-61-44(30-62-45)47(69)20-9-10-25-79-38-26-34-16-11-19-40-50(34)41(28-38)58(77)67(57(40)76)46-24-23-37(68)27-48(46)70/h11,16,19,26,28,30-31,33,35-36,39,42-43,46,51-52H,5-10,12-15,17-18,20-25,27,29,32H2,1-4H3,(H,63,75)(H,64,74)(H,65,73)/t35-,39-,42+,43-,46?,51-,52-/m0/s1. The Morgan fingerprint density at radius 3 is 2.24 bits per heavy atom. The van der Waals surface area contributed by atoms with Crippen LogP contribution in [0, 0.1) is 29.1 Å². The molecule has 2 aliphatic heterocycles. The van der Waals surface area contributed by atoms with Crippen LogP contribution in [0.5, 0.6) is 5.75 Å². The third kappa shape index (κ3) is 12.5. The number of ketones is 5. The van der Waals surface area contributed by atoms with Gasteiger partial charge in [0.05, 0.1) is 49.1 Å². The van der Waals surface area contributed by atoms with E-state index in [0.29, 0.717) is 55.2 Å². The van der Waals surface area contributed by atoms with E-state index < -0.39 is 76.6 Å². The second-order valence-corrected chi connectivity index (χ2v) is 23.8. The Labute approximate surface area is 459 Å². The molecular formula is C60H73N7O12. The van der Waals surface area contributed by atoms with Crippen molar-refractivity contribution in [1.82, 2.24) is 35.7 Å². The summed E-state index contributed by atoms with van der Waals surface area (Å²) in [5.41, 5.74) is -0.255. The molecule has 3 aromatic rings. The zero-order valence-corrected chi connectivity index (χ0v) is 45.8. The van der Waals surface area contributed by atoms with E-state index in [1.165, 1.54) is 12.4 Å². The van der Waals surface area contributed by atoms with Gasteiger partial charge in [-0.15, -0.1) is 0 Å². The minimum absolute atomic E-state index is 0.0245. The number of fused-ring (bicyclic) bond motifs is 1. The zero-order valence-electron chi connectivity index (χ0n) is 45.8. The summed E-state index contributed by atoms with van der Waals surface area (Å²) >= 11 is 0. The van der Waals surface area contributed by atoms with Crippen LogP contribution in [0.15, 0.2) is 42.7 Å². The number of nitrogens with one attached hydrogen (secondary N) is 3. The SMILES string of the molecule is CCC[C@H](NC(=O)[C@@H]1[C@H]2CCC[C@H]2CN1C(=O)[C@@H](CC(=O)[C@@H](NC(=O)c1cnc(C(=O)CCCCOc2cc3c4c(cccc4c2)C(=O)N(C2CCC(=O)CC2=O)C3=O)cn1)C1CCCCC1)C(C)(C)C)C(=O)C(=O)NC1CC1. The lowest BCUT2D eigenvalue weighted by atomic mass is 9.74. The molecule has 7 atom stereocenters. The van der Waals surface area contributed by atoms with Crippen LogP contribution in [0.4, 0.5) is 0 Å². The highest BCUT2D eigenvalue weighted by atomic mass is 16.5. The van der Waals surface area contributed by atoms with Gasteiger partial charge in [0.2, 0.25) is 17.6 Å². The van der Waals surface area contributed by atoms with E-state index in [1.54, 1.807) is 35.2 Å². The van der Waals surface area contributed by atoms with Crippen molar-refractivity contribution >= 4 is 75.1 Å². The predicted molar refractivity (Wildman–Crippen MR) is 288 cm³/mol. The molecule has 4 saturated carbocycles. The zero-order chi connectivity index (χ0) is 56.3. The van der Waals surface area contributed by atoms with Gasteiger partial charge < -0.3 is 25.6 Å². The fourth-order valence-corrected chi connectivity index (χ4v) is 12.7. The number of benzene rings is 2. The molecule has 0 bridgehead atoms. The summed E-state index contributed by atoms with van der Waals surface area (Å²) in [7, 11) is 0. The molecule has 0 radical (unpaired) electrons. The van der Waals surface area contributed by atoms with Gasteiger partial charge in [0, 0.05) is 48.7 Å². The topological polar surface area (TPSA) is 265 Å². The van der Waals surface area contributed by atoms with Crippen molar-refractivity contribution in [2.45, 2.75) is 180 Å². The van der Waals surface area contributed by atoms with Gasteiger partial charge in [-0.25, -0.2) is 9.97 Å². The third-order valence-corrected chi connectivity index (χ3v) is 17.1. The summed E-state index contributed by atoms with van der Waals surface area (Å²) in [5.74, 6) is -6.07. The molecule has 6 amide bonds. The number of imide groups is 1. The summed E-state index contributed by atoms with van der Waals surface area (Å²) in [4.78, 5) is 161. The van der Waals surface area contributed by atoms with Crippen LogP contribution in [-0.2, 0) is 33.6 Å². The Morgan fingerprint density at radius 1 is 0.810 bits per heavy atom. The van der Waals surface area contributed by atoms with Gasteiger partial charge in [0.15, 0.2) is 17.3 Å². The predicted octanol–water partition coefficient (Wildman–Crippen LogP) is 6.41. The number of Topliss-reactive ketones (excluding diaryl/α,β-unsaturated/α-hetero) is 5. The smallest absolute Gasteiger partial charge is 0.289 e. The molecule has 1 saturated heterocycles. The molecule has 9 rings (SSSR count). The number of nitrogens with zero attached hydrogens (tertiary/aromatic N) is 4. The van der Waals surface area contributed by atoms with E-state index in [0.717, 1.165) is 56.3 Å². The molecule has 0 spiro atoms. The molecule has 5 fully saturated rings. The fourth-order valence-electron chi connectivity index (χ4n) is 12.7. The lowest BCUT2D eigenvalue weighted by Gasteiger charge is -2.37. The first-order chi connectivity index (χ1) is 37.8.